The first-order valence-electron chi connectivity index (χ1n) is 6.10. The number of aryl methyl sites for hydroxylation is 1. The first-order valence-corrected chi connectivity index (χ1v) is 6.98. The third kappa shape index (κ3) is 2.50. The van der Waals surface area contributed by atoms with Crippen molar-refractivity contribution in [1.82, 2.24) is 14.8 Å². The molecule has 0 aliphatic rings. The summed E-state index contributed by atoms with van der Waals surface area (Å²) < 4.78 is 1.31. The van der Waals surface area contributed by atoms with E-state index in [9.17, 15) is 15.0 Å². The number of carboxylic acid groups (broad SMARTS) is 1. The topological polar surface area (TPSA) is 88.2 Å². The molecule has 1 aromatic carbocycles. The molecule has 7 heteroatoms. The van der Waals surface area contributed by atoms with Gasteiger partial charge in [0.1, 0.15) is 5.75 Å². The smallest absolute Gasteiger partial charge is 0.354 e. The Morgan fingerprint density at radius 3 is 2.86 bits per heavy atom. The van der Waals surface area contributed by atoms with Crippen molar-refractivity contribution in [3.8, 4) is 22.1 Å². The third-order valence-corrected chi connectivity index (χ3v) is 3.68. The van der Waals surface area contributed by atoms with Crippen molar-refractivity contribution in [1.29, 1.82) is 0 Å². The van der Waals surface area contributed by atoms with Gasteiger partial charge in [-0.3, -0.25) is 0 Å². The van der Waals surface area contributed by atoms with Gasteiger partial charge >= 0.3 is 5.97 Å². The Hall–Kier alpha value is -2.67. The summed E-state index contributed by atoms with van der Waals surface area (Å²) in [7, 11) is 0. The second kappa shape index (κ2) is 5.02. The Kier molecular flexibility index (Phi) is 3.19. The minimum absolute atomic E-state index is 0.0734. The number of hydrogen-bond donors (Lipinski definition) is 2. The van der Waals surface area contributed by atoms with E-state index >= 15 is 0 Å². The number of aromatic nitrogens is 3. The van der Waals surface area contributed by atoms with E-state index in [4.69, 9.17) is 0 Å². The molecule has 3 aromatic rings. The molecular formula is C14H11N3O3S. The zero-order valence-electron chi connectivity index (χ0n) is 11.0. The molecule has 6 nitrogen and oxygen atoms in total. The number of rotatable bonds is 3. The lowest BCUT2D eigenvalue weighted by atomic mass is 10.2. The molecule has 2 heterocycles. The van der Waals surface area contributed by atoms with Gasteiger partial charge < -0.3 is 10.2 Å². The van der Waals surface area contributed by atoms with E-state index in [-0.39, 0.29) is 11.4 Å². The molecule has 0 saturated heterocycles. The molecule has 0 amide bonds. The molecule has 0 bridgehead atoms. The first kappa shape index (κ1) is 13.3. The number of aromatic carboxylic acids is 1. The number of nitrogens with zero attached hydrogens (tertiary/aromatic N) is 3. The molecular weight excluding hydrogens is 290 g/mol. The molecule has 0 fully saturated rings. The van der Waals surface area contributed by atoms with Gasteiger partial charge in [0.2, 0.25) is 5.13 Å². The van der Waals surface area contributed by atoms with E-state index in [1.807, 2.05) is 6.07 Å². The summed E-state index contributed by atoms with van der Waals surface area (Å²) >= 11 is 1.29. The zero-order valence-corrected chi connectivity index (χ0v) is 11.8. The van der Waals surface area contributed by atoms with Gasteiger partial charge in [0, 0.05) is 10.9 Å². The summed E-state index contributed by atoms with van der Waals surface area (Å²) in [5, 5.41) is 25.1. The number of carbonyl (C=O) groups is 1. The summed E-state index contributed by atoms with van der Waals surface area (Å²) in [6, 6.07) is 8.23. The van der Waals surface area contributed by atoms with E-state index in [0.717, 1.165) is 5.56 Å². The van der Waals surface area contributed by atoms with Crippen LogP contribution < -0.4 is 0 Å². The Morgan fingerprint density at radius 2 is 2.14 bits per heavy atom. The van der Waals surface area contributed by atoms with Crippen molar-refractivity contribution in [3.05, 3.63) is 47.1 Å². The predicted octanol–water partition coefficient (Wildman–Crippen LogP) is 2.71. The van der Waals surface area contributed by atoms with Gasteiger partial charge in [-0.1, -0.05) is 12.1 Å². The molecule has 21 heavy (non-hydrogen) atoms. The molecule has 3 rings (SSSR count). The van der Waals surface area contributed by atoms with E-state index in [1.54, 1.807) is 30.5 Å². The molecule has 0 aliphatic heterocycles. The van der Waals surface area contributed by atoms with E-state index in [0.29, 0.717) is 16.5 Å². The van der Waals surface area contributed by atoms with Crippen molar-refractivity contribution in [2.75, 3.05) is 0 Å². The summed E-state index contributed by atoms with van der Waals surface area (Å²) in [5.74, 6) is -0.895. The number of thiazole rings is 1. The van der Waals surface area contributed by atoms with Crippen LogP contribution in [0.15, 0.2) is 35.7 Å². The minimum atomic E-state index is -1.05. The van der Waals surface area contributed by atoms with Crippen molar-refractivity contribution in [2.24, 2.45) is 0 Å². The Balaban J connectivity index is 2.05. The highest BCUT2D eigenvalue weighted by atomic mass is 32.1. The van der Waals surface area contributed by atoms with Crippen molar-refractivity contribution in [2.45, 2.75) is 6.92 Å². The average Bonchev–Trinajstić information content (AvgIpc) is 3.04. The number of phenolic OH excluding ortho intramolecular Hbond substituents is 1. The van der Waals surface area contributed by atoms with Gasteiger partial charge in [-0.05, 0) is 25.1 Å². The van der Waals surface area contributed by atoms with Crippen molar-refractivity contribution >= 4 is 17.3 Å². The number of aromatic hydroxyl groups is 1. The predicted molar refractivity (Wildman–Crippen MR) is 78.0 cm³/mol. The summed E-state index contributed by atoms with van der Waals surface area (Å²) in [6.07, 6.45) is 0. The number of carboxylic acids is 1. The van der Waals surface area contributed by atoms with Crippen LogP contribution in [0.4, 0.5) is 0 Å². The lowest BCUT2D eigenvalue weighted by molar-refractivity contribution is 0.0687. The molecule has 2 aromatic heterocycles. The molecule has 0 radical (unpaired) electrons. The van der Waals surface area contributed by atoms with Crippen LogP contribution in [0.1, 0.15) is 16.2 Å². The highest BCUT2D eigenvalue weighted by Crippen LogP contribution is 2.27. The van der Waals surface area contributed by atoms with Gasteiger partial charge in [-0.2, -0.15) is 9.78 Å². The van der Waals surface area contributed by atoms with Crippen molar-refractivity contribution in [3.63, 3.8) is 0 Å². The minimum Gasteiger partial charge on any atom is -0.508 e. The fraction of sp³-hybridized carbons (Fsp3) is 0.0714. The fourth-order valence-electron chi connectivity index (χ4n) is 1.96. The van der Waals surface area contributed by atoms with Crippen LogP contribution in [-0.4, -0.2) is 30.9 Å². The van der Waals surface area contributed by atoms with Gasteiger partial charge in [0.05, 0.1) is 11.4 Å². The molecule has 0 aliphatic carbocycles. The third-order valence-electron chi connectivity index (χ3n) is 2.87. The maximum atomic E-state index is 11.2. The Bertz CT molecular complexity index is 822. The van der Waals surface area contributed by atoms with Gasteiger partial charge in [0.25, 0.3) is 0 Å². The fourth-order valence-corrected chi connectivity index (χ4v) is 2.75. The number of phenols is 1. The van der Waals surface area contributed by atoms with Gasteiger partial charge in [-0.15, -0.1) is 11.3 Å². The average molecular weight is 301 g/mol. The number of benzene rings is 1. The van der Waals surface area contributed by atoms with Gasteiger partial charge in [0.15, 0.2) is 5.69 Å². The quantitative estimate of drug-likeness (QED) is 0.776. The molecule has 106 valence electrons. The van der Waals surface area contributed by atoms with Crippen LogP contribution in [0.25, 0.3) is 16.4 Å². The van der Waals surface area contributed by atoms with Crippen LogP contribution >= 0.6 is 11.3 Å². The van der Waals surface area contributed by atoms with Crippen LogP contribution in [0.2, 0.25) is 0 Å². The molecule has 0 saturated carbocycles. The molecule has 0 spiro atoms. The normalized spacial score (nSPS) is 10.7. The lowest BCUT2D eigenvalue weighted by Crippen LogP contribution is -2.07. The number of hydrogen-bond acceptors (Lipinski definition) is 5. The second-order valence-corrected chi connectivity index (χ2v) is 5.29. The van der Waals surface area contributed by atoms with E-state index < -0.39 is 5.97 Å². The standard InChI is InChI=1S/C14H11N3O3S/c1-8-5-12(13(19)20)17(16-8)14-15-11(7-21-14)9-3-2-4-10(18)6-9/h2-7,18H,1H3,(H,19,20). The van der Waals surface area contributed by atoms with E-state index in [1.165, 1.54) is 22.1 Å². The maximum Gasteiger partial charge on any atom is 0.354 e. The highest BCUT2D eigenvalue weighted by molar-refractivity contribution is 7.12. The maximum absolute atomic E-state index is 11.2. The SMILES string of the molecule is Cc1cc(C(=O)O)n(-c2nc(-c3cccc(O)c3)cs2)n1. The van der Waals surface area contributed by atoms with Crippen LogP contribution in [0.5, 0.6) is 5.75 Å². The zero-order chi connectivity index (χ0) is 15.0. The first-order chi connectivity index (χ1) is 10.0. The lowest BCUT2D eigenvalue weighted by Gasteiger charge is -1.99. The van der Waals surface area contributed by atoms with Crippen LogP contribution in [0.3, 0.4) is 0 Å². The molecule has 0 unspecified atom stereocenters. The van der Waals surface area contributed by atoms with Crippen LogP contribution in [0, 0.1) is 6.92 Å². The Labute approximate surface area is 123 Å². The second-order valence-electron chi connectivity index (χ2n) is 4.45. The monoisotopic (exact) mass is 301 g/mol. The summed E-state index contributed by atoms with van der Waals surface area (Å²) in [4.78, 5) is 15.6. The highest BCUT2D eigenvalue weighted by Gasteiger charge is 2.17. The van der Waals surface area contributed by atoms with Crippen molar-refractivity contribution < 1.29 is 15.0 Å². The van der Waals surface area contributed by atoms with Crippen LogP contribution in [-0.2, 0) is 0 Å². The summed E-state index contributed by atoms with van der Waals surface area (Å²) in [6.45, 7) is 1.73. The van der Waals surface area contributed by atoms with Gasteiger partial charge in [-0.25, -0.2) is 9.78 Å². The molecule has 2 N–H and O–H groups in total. The largest absolute Gasteiger partial charge is 0.508 e. The van der Waals surface area contributed by atoms with E-state index in [2.05, 4.69) is 10.1 Å². The Morgan fingerprint density at radius 1 is 1.33 bits per heavy atom. The molecule has 0 atom stereocenters. The summed E-state index contributed by atoms with van der Waals surface area (Å²) in [5.41, 5.74) is 2.11.